The van der Waals surface area contributed by atoms with E-state index in [9.17, 15) is 4.79 Å². The Hall–Kier alpha value is -2.31. The van der Waals surface area contributed by atoms with Gasteiger partial charge in [-0.2, -0.15) is 4.98 Å². The number of nitrogens with one attached hydrogen (secondary N) is 1. The van der Waals surface area contributed by atoms with Crippen LogP contribution in [-0.4, -0.2) is 20.6 Å². The van der Waals surface area contributed by atoms with Crippen molar-refractivity contribution in [2.24, 2.45) is 7.05 Å². The van der Waals surface area contributed by atoms with Gasteiger partial charge in [0.25, 0.3) is 5.91 Å². The predicted octanol–water partition coefficient (Wildman–Crippen LogP) is -0.0797. The first-order chi connectivity index (χ1) is 7.66. The quantitative estimate of drug-likeness (QED) is 0.755. The molecular formula is C9H11N5O2. The molecule has 2 aromatic rings. The van der Waals surface area contributed by atoms with Gasteiger partial charge in [0.1, 0.15) is 5.69 Å². The summed E-state index contributed by atoms with van der Waals surface area (Å²) in [4.78, 5) is 15.5. The molecule has 2 heterocycles. The number of anilines is 1. The molecule has 0 aliphatic carbocycles. The summed E-state index contributed by atoms with van der Waals surface area (Å²) in [5.74, 6) is 0.194. The van der Waals surface area contributed by atoms with Crippen molar-refractivity contribution in [2.75, 3.05) is 5.73 Å². The molecule has 3 N–H and O–H groups in total. The number of carbonyl (C=O) groups excluding carboxylic acids is 1. The van der Waals surface area contributed by atoms with Crippen LogP contribution in [0.2, 0.25) is 0 Å². The van der Waals surface area contributed by atoms with E-state index in [-0.39, 0.29) is 12.5 Å². The van der Waals surface area contributed by atoms with Crippen LogP contribution >= 0.6 is 0 Å². The third-order valence-electron chi connectivity index (χ3n) is 2.07. The van der Waals surface area contributed by atoms with Gasteiger partial charge in [-0.3, -0.25) is 4.79 Å². The average molecular weight is 221 g/mol. The van der Waals surface area contributed by atoms with Gasteiger partial charge in [0.2, 0.25) is 6.39 Å². The van der Waals surface area contributed by atoms with Gasteiger partial charge in [-0.15, -0.1) is 0 Å². The van der Waals surface area contributed by atoms with Crippen molar-refractivity contribution in [3.63, 3.8) is 0 Å². The normalized spacial score (nSPS) is 10.3. The number of carbonyl (C=O) groups is 1. The maximum atomic E-state index is 11.7. The van der Waals surface area contributed by atoms with Crippen LogP contribution in [0.4, 0.5) is 5.69 Å². The predicted molar refractivity (Wildman–Crippen MR) is 55.3 cm³/mol. The van der Waals surface area contributed by atoms with Gasteiger partial charge < -0.3 is 20.1 Å². The van der Waals surface area contributed by atoms with E-state index >= 15 is 0 Å². The van der Waals surface area contributed by atoms with Crippen molar-refractivity contribution in [2.45, 2.75) is 6.54 Å². The summed E-state index contributed by atoms with van der Waals surface area (Å²) in [7, 11) is 1.75. The van der Waals surface area contributed by atoms with E-state index < -0.39 is 0 Å². The molecule has 0 saturated carbocycles. The van der Waals surface area contributed by atoms with Crippen molar-refractivity contribution in [1.29, 1.82) is 0 Å². The average Bonchev–Trinajstić information content (AvgIpc) is 2.84. The smallest absolute Gasteiger partial charge is 0.268 e. The zero-order chi connectivity index (χ0) is 11.5. The molecule has 0 aromatic carbocycles. The highest BCUT2D eigenvalue weighted by Crippen LogP contribution is 2.08. The van der Waals surface area contributed by atoms with Crippen molar-refractivity contribution in [1.82, 2.24) is 20.0 Å². The number of hydrogen-bond acceptors (Lipinski definition) is 5. The zero-order valence-electron chi connectivity index (χ0n) is 8.67. The first kappa shape index (κ1) is 10.2. The van der Waals surface area contributed by atoms with E-state index in [2.05, 4.69) is 20.0 Å². The molecule has 2 rings (SSSR count). The van der Waals surface area contributed by atoms with Crippen LogP contribution in [0.15, 0.2) is 23.2 Å². The standard InChI is InChI=1S/C9H11N5O2/c1-14-4-6(10)2-7(14)9(15)11-3-8-12-5-16-13-8/h2,4-5H,3,10H2,1H3,(H,11,15). The van der Waals surface area contributed by atoms with E-state index in [4.69, 9.17) is 5.73 Å². The molecule has 1 amide bonds. The van der Waals surface area contributed by atoms with Gasteiger partial charge >= 0.3 is 0 Å². The zero-order valence-corrected chi connectivity index (χ0v) is 8.67. The number of aryl methyl sites for hydroxylation is 1. The summed E-state index contributed by atoms with van der Waals surface area (Å²) < 4.78 is 6.20. The number of nitrogen functional groups attached to an aromatic ring is 1. The molecule has 84 valence electrons. The Balaban J connectivity index is 2.01. The molecular weight excluding hydrogens is 210 g/mol. The number of nitrogens with two attached hydrogens (primary N) is 1. The molecule has 0 bridgehead atoms. The second-order valence-electron chi connectivity index (χ2n) is 3.30. The van der Waals surface area contributed by atoms with E-state index in [1.807, 2.05) is 0 Å². The van der Waals surface area contributed by atoms with Crippen LogP contribution in [0, 0.1) is 0 Å². The number of amides is 1. The molecule has 2 aromatic heterocycles. The van der Waals surface area contributed by atoms with E-state index in [1.165, 1.54) is 6.39 Å². The fourth-order valence-corrected chi connectivity index (χ4v) is 1.34. The number of hydrogen-bond donors (Lipinski definition) is 2. The van der Waals surface area contributed by atoms with Crippen LogP contribution in [0.5, 0.6) is 0 Å². The van der Waals surface area contributed by atoms with Gasteiger partial charge in [-0.25, -0.2) is 0 Å². The molecule has 0 radical (unpaired) electrons. The van der Waals surface area contributed by atoms with Crippen LogP contribution < -0.4 is 11.1 Å². The molecule has 0 unspecified atom stereocenters. The summed E-state index contributed by atoms with van der Waals surface area (Å²) in [5, 5.41) is 6.23. The summed E-state index contributed by atoms with van der Waals surface area (Å²) in [5.41, 5.74) is 6.60. The third kappa shape index (κ3) is 2.02. The molecule has 0 aliphatic heterocycles. The molecule has 0 aliphatic rings. The van der Waals surface area contributed by atoms with E-state index in [0.717, 1.165) is 0 Å². The second kappa shape index (κ2) is 4.05. The highest BCUT2D eigenvalue weighted by Gasteiger charge is 2.11. The highest BCUT2D eigenvalue weighted by atomic mass is 16.5. The number of nitrogens with zero attached hydrogens (tertiary/aromatic N) is 3. The molecule has 0 atom stereocenters. The Bertz CT molecular complexity index is 488. The lowest BCUT2D eigenvalue weighted by molar-refractivity contribution is 0.0941. The van der Waals surface area contributed by atoms with Crippen LogP contribution in [-0.2, 0) is 13.6 Å². The summed E-state index contributed by atoms with van der Waals surface area (Å²) >= 11 is 0. The lowest BCUT2D eigenvalue weighted by atomic mass is 10.4. The number of rotatable bonds is 3. The highest BCUT2D eigenvalue weighted by molar-refractivity contribution is 5.93. The van der Waals surface area contributed by atoms with Crippen LogP contribution in [0.3, 0.4) is 0 Å². The largest absolute Gasteiger partial charge is 0.397 e. The van der Waals surface area contributed by atoms with Crippen molar-refractivity contribution in [3.8, 4) is 0 Å². The summed E-state index contributed by atoms with van der Waals surface area (Å²) in [6.45, 7) is 0.223. The van der Waals surface area contributed by atoms with E-state index in [0.29, 0.717) is 17.2 Å². The van der Waals surface area contributed by atoms with Gasteiger partial charge in [-0.05, 0) is 6.07 Å². The Morgan fingerprint density at radius 1 is 1.69 bits per heavy atom. The topological polar surface area (TPSA) is 99.0 Å². The van der Waals surface area contributed by atoms with Crippen molar-refractivity contribution >= 4 is 11.6 Å². The summed E-state index contributed by atoms with van der Waals surface area (Å²) in [6, 6.07) is 1.60. The molecule has 7 heteroatoms. The molecule has 7 nitrogen and oxygen atoms in total. The van der Waals surface area contributed by atoms with Gasteiger partial charge in [-0.1, -0.05) is 5.16 Å². The monoisotopic (exact) mass is 221 g/mol. The first-order valence-electron chi connectivity index (χ1n) is 4.62. The minimum absolute atomic E-state index is 0.223. The molecule has 0 fully saturated rings. The van der Waals surface area contributed by atoms with Crippen LogP contribution in [0.1, 0.15) is 16.3 Å². The van der Waals surface area contributed by atoms with Gasteiger partial charge in [0.15, 0.2) is 5.82 Å². The van der Waals surface area contributed by atoms with Gasteiger partial charge in [0, 0.05) is 13.2 Å². The first-order valence-corrected chi connectivity index (χ1v) is 4.62. The van der Waals surface area contributed by atoms with Crippen LogP contribution in [0.25, 0.3) is 0 Å². The second-order valence-corrected chi connectivity index (χ2v) is 3.30. The van der Waals surface area contributed by atoms with Crippen molar-refractivity contribution < 1.29 is 9.32 Å². The fourth-order valence-electron chi connectivity index (χ4n) is 1.34. The molecule has 16 heavy (non-hydrogen) atoms. The molecule has 0 saturated heterocycles. The van der Waals surface area contributed by atoms with Gasteiger partial charge in [0.05, 0.1) is 12.2 Å². The minimum atomic E-state index is -0.232. The Kier molecular flexibility index (Phi) is 2.59. The van der Waals surface area contributed by atoms with E-state index in [1.54, 1.807) is 23.9 Å². The lowest BCUT2D eigenvalue weighted by Crippen LogP contribution is -2.25. The maximum absolute atomic E-state index is 11.7. The Morgan fingerprint density at radius 3 is 3.06 bits per heavy atom. The molecule has 0 spiro atoms. The maximum Gasteiger partial charge on any atom is 0.268 e. The number of aromatic nitrogens is 3. The fraction of sp³-hybridized carbons (Fsp3) is 0.222. The SMILES string of the molecule is Cn1cc(N)cc1C(=O)NCc1ncon1. The Labute approximate surface area is 91.2 Å². The third-order valence-corrected chi connectivity index (χ3v) is 2.07. The summed E-state index contributed by atoms with van der Waals surface area (Å²) in [6.07, 6.45) is 2.88. The Morgan fingerprint density at radius 2 is 2.50 bits per heavy atom. The lowest BCUT2D eigenvalue weighted by Gasteiger charge is -2.02. The van der Waals surface area contributed by atoms with Crippen molar-refractivity contribution in [3.05, 3.63) is 30.2 Å². The minimum Gasteiger partial charge on any atom is -0.397 e.